The number of halogens is 2. The van der Waals surface area contributed by atoms with Crippen molar-refractivity contribution in [3.05, 3.63) is 51.0 Å². The molecule has 1 unspecified atom stereocenters. The maximum absolute atomic E-state index is 12.2. The number of aromatic amines is 1. The summed E-state index contributed by atoms with van der Waals surface area (Å²) >= 11 is 12.3. The molecule has 0 saturated carbocycles. The molecule has 0 aliphatic heterocycles. The number of H-pyrrole nitrogens is 1. The molecule has 0 aliphatic carbocycles. The summed E-state index contributed by atoms with van der Waals surface area (Å²) < 4.78 is 1.48. The summed E-state index contributed by atoms with van der Waals surface area (Å²) in [6, 6.07) is 7.19. The van der Waals surface area contributed by atoms with Gasteiger partial charge in [0.15, 0.2) is 5.65 Å². The molecule has 0 amide bonds. The lowest BCUT2D eigenvalue weighted by atomic mass is 10.1. The van der Waals surface area contributed by atoms with E-state index in [1.165, 1.54) is 10.8 Å². The van der Waals surface area contributed by atoms with Gasteiger partial charge in [0.25, 0.3) is 0 Å². The number of pyridine rings is 1. The Balaban J connectivity index is 2.29. The Morgan fingerprint density at radius 2 is 2.00 bits per heavy atom. The average molecular weight is 352 g/mol. The second kappa shape index (κ2) is 6.35. The first kappa shape index (κ1) is 16.1. The molecule has 5 nitrogen and oxygen atoms in total. The van der Waals surface area contributed by atoms with Crippen molar-refractivity contribution in [2.24, 2.45) is 0 Å². The summed E-state index contributed by atoms with van der Waals surface area (Å²) in [6.07, 6.45) is 1.43. The van der Waals surface area contributed by atoms with Gasteiger partial charge in [-0.2, -0.15) is 0 Å². The highest BCUT2D eigenvalue weighted by atomic mass is 35.5. The van der Waals surface area contributed by atoms with E-state index in [-0.39, 0.29) is 12.2 Å². The zero-order valence-electron chi connectivity index (χ0n) is 12.4. The van der Waals surface area contributed by atoms with Crippen molar-refractivity contribution in [3.8, 4) is 11.1 Å². The fourth-order valence-electron chi connectivity index (χ4n) is 2.51. The van der Waals surface area contributed by atoms with E-state index in [1.807, 2.05) is 19.1 Å². The predicted molar refractivity (Wildman–Crippen MR) is 92.1 cm³/mol. The van der Waals surface area contributed by atoms with E-state index in [4.69, 9.17) is 23.2 Å². The third kappa shape index (κ3) is 3.00. The SMILES string of the molecule is CCC(O)Cn1c(=O)[nH]c2ncc(Cl)c(-c3ccc(Cl)cc3)c21. The first-order valence-corrected chi connectivity index (χ1v) is 7.98. The molecular formula is C16H15Cl2N3O2. The molecule has 3 aromatic rings. The standard InChI is InChI=1S/C16H15Cl2N3O2/c1-2-11(22)8-21-14-13(9-3-5-10(17)6-4-9)12(18)7-19-15(14)20-16(21)23/h3-7,11,22H,2,8H2,1H3,(H,19,20,23). The monoisotopic (exact) mass is 351 g/mol. The van der Waals surface area contributed by atoms with Gasteiger partial charge in [0.1, 0.15) is 0 Å². The van der Waals surface area contributed by atoms with Crippen LogP contribution in [0.3, 0.4) is 0 Å². The molecule has 1 aromatic carbocycles. The van der Waals surface area contributed by atoms with Crippen LogP contribution in [0.2, 0.25) is 10.0 Å². The minimum atomic E-state index is -0.622. The number of aliphatic hydroxyl groups excluding tert-OH is 1. The molecule has 0 radical (unpaired) electrons. The zero-order valence-corrected chi connectivity index (χ0v) is 13.9. The van der Waals surface area contributed by atoms with Gasteiger partial charge in [-0.25, -0.2) is 9.78 Å². The summed E-state index contributed by atoms with van der Waals surface area (Å²) in [6.45, 7) is 2.04. The Kier molecular flexibility index (Phi) is 4.43. The normalized spacial score (nSPS) is 12.7. The Hall–Kier alpha value is -1.82. The van der Waals surface area contributed by atoms with Crippen LogP contribution in [0.4, 0.5) is 0 Å². The second-order valence-corrected chi connectivity index (χ2v) is 6.13. The molecule has 2 N–H and O–H groups in total. The van der Waals surface area contributed by atoms with Crippen LogP contribution in [-0.2, 0) is 6.54 Å². The van der Waals surface area contributed by atoms with Crippen molar-refractivity contribution < 1.29 is 5.11 Å². The Bertz CT molecular complexity index is 900. The van der Waals surface area contributed by atoms with Gasteiger partial charge in [0.2, 0.25) is 0 Å². The Labute approximate surface area is 142 Å². The van der Waals surface area contributed by atoms with Gasteiger partial charge in [0.05, 0.1) is 23.2 Å². The number of fused-ring (bicyclic) bond motifs is 1. The van der Waals surface area contributed by atoms with Crippen LogP contribution in [0.1, 0.15) is 13.3 Å². The molecule has 0 aliphatic rings. The van der Waals surface area contributed by atoms with E-state index >= 15 is 0 Å². The van der Waals surface area contributed by atoms with Crippen LogP contribution in [0.25, 0.3) is 22.3 Å². The van der Waals surface area contributed by atoms with Crippen LogP contribution in [0.5, 0.6) is 0 Å². The highest BCUT2D eigenvalue weighted by Crippen LogP contribution is 2.33. The van der Waals surface area contributed by atoms with E-state index in [1.54, 1.807) is 12.1 Å². The number of nitrogens with zero attached hydrogens (tertiary/aromatic N) is 2. The third-order valence-electron chi connectivity index (χ3n) is 3.74. The predicted octanol–water partition coefficient (Wildman–Crippen LogP) is 3.47. The van der Waals surface area contributed by atoms with Crippen molar-refractivity contribution >= 4 is 34.4 Å². The number of imidazole rings is 1. The number of aliphatic hydroxyl groups is 1. The molecule has 2 heterocycles. The number of rotatable bonds is 4. The Morgan fingerprint density at radius 3 is 2.65 bits per heavy atom. The lowest BCUT2D eigenvalue weighted by molar-refractivity contribution is 0.150. The van der Waals surface area contributed by atoms with Crippen molar-refractivity contribution in [1.82, 2.24) is 14.5 Å². The molecule has 23 heavy (non-hydrogen) atoms. The topological polar surface area (TPSA) is 70.9 Å². The van der Waals surface area contributed by atoms with Gasteiger partial charge in [0, 0.05) is 16.8 Å². The number of aromatic nitrogens is 3. The van der Waals surface area contributed by atoms with Gasteiger partial charge in [-0.05, 0) is 24.1 Å². The minimum absolute atomic E-state index is 0.179. The zero-order chi connectivity index (χ0) is 16.6. The molecule has 0 bridgehead atoms. The molecule has 0 saturated heterocycles. The van der Waals surface area contributed by atoms with Crippen LogP contribution in [-0.4, -0.2) is 25.7 Å². The van der Waals surface area contributed by atoms with Gasteiger partial charge in [-0.1, -0.05) is 42.3 Å². The number of nitrogens with one attached hydrogen (secondary N) is 1. The highest BCUT2D eigenvalue weighted by molar-refractivity contribution is 6.34. The summed E-state index contributed by atoms with van der Waals surface area (Å²) in [5, 5.41) is 11.0. The molecule has 120 valence electrons. The first-order valence-electron chi connectivity index (χ1n) is 7.22. The molecule has 0 spiro atoms. The number of hydrogen-bond donors (Lipinski definition) is 2. The van der Waals surface area contributed by atoms with Gasteiger partial charge < -0.3 is 5.11 Å². The Morgan fingerprint density at radius 1 is 1.30 bits per heavy atom. The lowest BCUT2D eigenvalue weighted by Gasteiger charge is -2.12. The van der Waals surface area contributed by atoms with E-state index in [0.717, 1.165) is 5.56 Å². The van der Waals surface area contributed by atoms with Crippen molar-refractivity contribution in [1.29, 1.82) is 0 Å². The molecule has 2 aromatic heterocycles. The largest absolute Gasteiger partial charge is 0.391 e. The summed E-state index contributed by atoms with van der Waals surface area (Å²) in [5.41, 5.74) is 2.21. The molecule has 1 atom stereocenters. The molecule has 7 heteroatoms. The number of hydrogen-bond acceptors (Lipinski definition) is 3. The van der Waals surface area contributed by atoms with Crippen molar-refractivity contribution in [2.75, 3.05) is 0 Å². The van der Waals surface area contributed by atoms with E-state index in [9.17, 15) is 9.90 Å². The molecule has 3 rings (SSSR count). The molecular weight excluding hydrogens is 337 g/mol. The van der Waals surface area contributed by atoms with Gasteiger partial charge in [-0.15, -0.1) is 0 Å². The van der Waals surface area contributed by atoms with E-state index < -0.39 is 6.10 Å². The fourth-order valence-corrected chi connectivity index (χ4v) is 2.88. The van der Waals surface area contributed by atoms with E-state index in [2.05, 4.69) is 9.97 Å². The minimum Gasteiger partial charge on any atom is -0.391 e. The molecule has 0 fully saturated rings. The second-order valence-electron chi connectivity index (χ2n) is 5.29. The summed E-state index contributed by atoms with van der Waals surface area (Å²) in [5.74, 6) is 0. The van der Waals surface area contributed by atoms with Crippen molar-refractivity contribution in [3.63, 3.8) is 0 Å². The van der Waals surface area contributed by atoms with Gasteiger partial charge in [-0.3, -0.25) is 9.55 Å². The fraction of sp³-hybridized carbons (Fsp3) is 0.250. The van der Waals surface area contributed by atoms with E-state index in [0.29, 0.717) is 33.2 Å². The highest BCUT2D eigenvalue weighted by Gasteiger charge is 2.18. The summed E-state index contributed by atoms with van der Waals surface area (Å²) in [7, 11) is 0. The van der Waals surface area contributed by atoms with Crippen LogP contribution in [0, 0.1) is 0 Å². The van der Waals surface area contributed by atoms with Gasteiger partial charge >= 0.3 is 5.69 Å². The maximum atomic E-state index is 12.2. The van der Waals surface area contributed by atoms with Crippen LogP contribution >= 0.6 is 23.2 Å². The average Bonchev–Trinajstić information content (AvgIpc) is 2.84. The van der Waals surface area contributed by atoms with Crippen LogP contribution in [0.15, 0.2) is 35.3 Å². The smallest absolute Gasteiger partial charge is 0.327 e. The lowest BCUT2D eigenvalue weighted by Crippen LogP contribution is -2.24. The number of benzene rings is 1. The third-order valence-corrected chi connectivity index (χ3v) is 4.28. The van der Waals surface area contributed by atoms with Crippen molar-refractivity contribution in [2.45, 2.75) is 26.0 Å². The van der Waals surface area contributed by atoms with Crippen LogP contribution < -0.4 is 5.69 Å². The maximum Gasteiger partial charge on any atom is 0.327 e. The summed E-state index contributed by atoms with van der Waals surface area (Å²) in [4.78, 5) is 19.1. The quantitative estimate of drug-likeness (QED) is 0.755. The first-order chi connectivity index (χ1) is 11.0.